The lowest BCUT2D eigenvalue weighted by molar-refractivity contribution is -0.123. The number of methoxy groups -OCH3 is 3. The molecular formula is C29H32N2O7. The minimum atomic E-state index is -0.612. The number of benzene rings is 3. The summed E-state index contributed by atoms with van der Waals surface area (Å²) in [6, 6.07) is 17.3. The highest BCUT2D eigenvalue weighted by Crippen LogP contribution is 2.38. The van der Waals surface area contributed by atoms with Crippen LogP contribution in [0.15, 0.2) is 65.8 Å². The third kappa shape index (κ3) is 7.49. The summed E-state index contributed by atoms with van der Waals surface area (Å²) >= 11 is 0. The number of ether oxygens (including phenoxy) is 5. The highest BCUT2D eigenvalue weighted by molar-refractivity contribution is 5.93. The lowest BCUT2D eigenvalue weighted by atomic mass is 9.87. The van der Waals surface area contributed by atoms with Gasteiger partial charge in [0, 0.05) is 0 Å². The van der Waals surface area contributed by atoms with Crippen LogP contribution in [0.5, 0.6) is 28.7 Å². The van der Waals surface area contributed by atoms with Gasteiger partial charge in [-0.1, -0.05) is 45.0 Å². The van der Waals surface area contributed by atoms with E-state index in [0.717, 1.165) is 0 Å². The minimum Gasteiger partial charge on any atom is -0.493 e. The number of hydrogen-bond donors (Lipinski definition) is 1. The molecule has 3 aromatic carbocycles. The molecule has 0 aromatic heterocycles. The van der Waals surface area contributed by atoms with Gasteiger partial charge in [-0.05, 0) is 52.9 Å². The van der Waals surface area contributed by atoms with Crippen molar-refractivity contribution in [2.24, 2.45) is 5.10 Å². The Labute approximate surface area is 222 Å². The molecule has 38 heavy (non-hydrogen) atoms. The van der Waals surface area contributed by atoms with Crippen LogP contribution in [-0.4, -0.2) is 46.0 Å². The van der Waals surface area contributed by atoms with Crippen LogP contribution in [0, 0.1) is 0 Å². The van der Waals surface area contributed by atoms with E-state index in [1.165, 1.54) is 45.2 Å². The molecule has 0 saturated heterocycles. The monoisotopic (exact) mass is 520 g/mol. The largest absolute Gasteiger partial charge is 0.493 e. The molecule has 0 spiro atoms. The number of carbonyl (C=O) groups is 2. The zero-order valence-electron chi connectivity index (χ0n) is 22.4. The molecule has 0 bridgehead atoms. The molecule has 0 heterocycles. The smallest absolute Gasteiger partial charge is 0.343 e. The molecule has 0 aliphatic carbocycles. The Morgan fingerprint density at radius 2 is 1.53 bits per heavy atom. The first kappa shape index (κ1) is 28.0. The molecule has 1 N–H and O–H groups in total. The number of hydrogen-bond acceptors (Lipinski definition) is 8. The summed E-state index contributed by atoms with van der Waals surface area (Å²) in [5.41, 5.74) is 4.46. The predicted molar refractivity (Wildman–Crippen MR) is 144 cm³/mol. The molecular weight excluding hydrogens is 488 g/mol. The van der Waals surface area contributed by atoms with Crippen molar-refractivity contribution >= 4 is 18.1 Å². The van der Waals surface area contributed by atoms with Crippen molar-refractivity contribution in [3.8, 4) is 28.7 Å². The average Bonchev–Trinajstić information content (AvgIpc) is 2.91. The Morgan fingerprint density at radius 1 is 0.868 bits per heavy atom. The molecule has 0 aliphatic rings. The summed E-state index contributed by atoms with van der Waals surface area (Å²) in [4.78, 5) is 24.8. The first-order valence-electron chi connectivity index (χ1n) is 11.8. The first-order chi connectivity index (χ1) is 18.1. The van der Waals surface area contributed by atoms with Crippen molar-refractivity contribution in [1.29, 1.82) is 0 Å². The van der Waals surface area contributed by atoms with E-state index in [2.05, 4.69) is 31.3 Å². The van der Waals surface area contributed by atoms with Crippen LogP contribution in [0.25, 0.3) is 0 Å². The molecule has 200 valence electrons. The highest BCUT2D eigenvalue weighted by atomic mass is 16.5. The van der Waals surface area contributed by atoms with E-state index in [-0.39, 0.29) is 17.6 Å². The van der Waals surface area contributed by atoms with E-state index >= 15 is 0 Å². The van der Waals surface area contributed by atoms with Crippen LogP contribution in [0.1, 0.15) is 42.3 Å². The second-order valence-corrected chi connectivity index (χ2v) is 9.23. The van der Waals surface area contributed by atoms with Crippen LogP contribution in [0.2, 0.25) is 0 Å². The molecule has 0 atom stereocenters. The van der Waals surface area contributed by atoms with E-state index < -0.39 is 11.9 Å². The Hall–Kier alpha value is -4.53. The number of hydrazone groups is 1. The standard InChI is InChI=1S/C29H32N2O7/c1-29(2,3)21-10-12-22(13-11-21)37-18-26(32)31-30-17-19-8-7-9-23(14-19)38-28(33)20-15-24(34-4)27(36-6)25(16-20)35-5/h7-17H,18H2,1-6H3,(H,31,32). The molecule has 3 aromatic rings. The number of carbonyl (C=O) groups excluding carboxylic acids is 2. The lowest BCUT2D eigenvalue weighted by Crippen LogP contribution is -2.24. The third-order valence-corrected chi connectivity index (χ3v) is 5.46. The second kappa shape index (κ2) is 12.6. The van der Waals surface area contributed by atoms with Gasteiger partial charge in [0.05, 0.1) is 33.1 Å². The minimum absolute atomic E-state index is 0.0387. The predicted octanol–water partition coefficient (Wildman–Crippen LogP) is 4.76. The Balaban J connectivity index is 1.57. The number of nitrogens with one attached hydrogen (secondary N) is 1. The summed E-state index contributed by atoms with van der Waals surface area (Å²) in [5, 5.41) is 3.95. The van der Waals surface area contributed by atoms with Gasteiger partial charge in [0.1, 0.15) is 11.5 Å². The maximum Gasteiger partial charge on any atom is 0.343 e. The quantitative estimate of drug-likeness (QED) is 0.178. The Morgan fingerprint density at radius 3 is 2.11 bits per heavy atom. The molecule has 9 heteroatoms. The van der Waals surface area contributed by atoms with Crippen LogP contribution in [0.4, 0.5) is 0 Å². The molecule has 0 aliphatic heterocycles. The van der Waals surface area contributed by atoms with Gasteiger partial charge in [0.2, 0.25) is 5.75 Å². The van der Waals surface area contributed by atoms with Crippen LogP contribution in [-0.2, 0) is 10.2 Å². The van der Waals surface area contributed by atoms with E-state index in [9.17, 15) is 9.59 Å². The molecule has 0 fully saturated rings. The fraction of sp³-hybridized carbons (Fsp3) is 0.276. The zero-order chi connectivity index (χ0) is 27.7. The number of esters is 1. The summed E-state index contributed by atoms with van der Waals surface area (Å²) in [5.74, 6) is 0.906. The zero-order valence-corrected chi connectivity index (χ0v) is 22.4. The topological polar surface area (TPSA) is 105 Å². The summed E-state index contributed by atoms with van der Waals surface area (Å²) in [6.45, 7) is 6.20. The SMILES string of the molecule is COc1cc(C(=O)Oc2cccc(C=NNC(=O)COc3ccc(C(C)(C)C)cc3)c2)cc(OC)c1OC. The van der Waals surface area contributed by atoms with Crippen LogP contribution < -0.4 is 29.1 Å². The number of amides is 1. The number of nitrogens with zero attached hydrogens (tertiary/aromatic N) is 1. The molecule has 0 saturated carbocycles. The average molecular weight is 521 g/mol. The van der Waals surface area contributed by atoms with Gasteiger partial charge in [0.15, 0.2) is 18.1 Å². The van der Waals surface area contributed by atoms with E-state index in [4.69, 9.17) is 23.7 Å². The van der Waals surface area contributed by atoms with Gasteiger partial charge < -0.3 is 23.7 Å². The van der Waals surface area contributed by atoms with E-state index in [1.54, 1.807) is 24.3 Å². The van der Waals surface area contributed by atoms with Crippen molar-refractivity contribution in [3.05, 3.63) is 77.4 Å². The van der Waals surface area contributed by atoms with Crippen molar-refractivity contribution in [3.63, 3.8) is 0 Å². The molecule has 9 nitrogen and oxygen atoms in total. The van der Waals surface area contributed by atoms with Gasteiger partial charge in [-0.2, -0.15) is 5.10 Å². The van der Waals surface area contributed by atoms with Crippen molar-refractivity contribution < 1.29 is 33.3 Å². The fourth-order valence-corrected chi connectivity index (χ4v) is 3.43. The molecule has 0 radical (unpaired) electrons. The Bertz CT molecular complexity index is 1270. The molecule has 1 amide bonds. The van der Waals surface area contributed by atoms with Crippen LogP contribution in [0.3, 0.4) is 0 Å². The highest BCUT2D eigenvalue weighted by Gasteiger charge is 2.18. The van der Waals surface area contributed by atoms with Crippen molar-refractivity contribution in [2.45, 2.75) is 26.2 Å². The van der Waals surface area contributed by atoms with Crippen LogP contribution >= 0.6 is 0 Å². The summed E-state index contributed by atoms with van der Waals surface area (Å²) in [7, 11) is 4.40. The molecule has 3 rings (SSSR count). The lowest BCUT2D eigenvalue weighted by Gasteiger charge is -2.19. The van der Waals surface area contributed by atoms with Gasteiger partial charge in [-0.3, -0.25) is 4.79 Å². The van der Waals surface area contributed by atoms with Gasteiger partial charge in [0.25, 0.3) is 5.91 Å². The van der Waals surface area contributed by atoms with E-state index in [1.807, 2.05) is 24.3 Å². The normalized spacial score (nSPS) is 11.1. The van der Waals surface area contributed by atoms with Crippen molar-refractivity contribution in [1.82, 2.24) is 5.43 Å². The van der Waals surface area contributed by atoms with E-state index in [0.29, 0.717) is 34.3 Å². The third-order valence-electron chi connectivity index (χ3n) is 5.46. The summed E-state index contributed by atoms with van der Waals surface area (Å²) in [6.07, 6.45) is 1.44. The first-order valence-corrected chi connectivity index (χ1v) is 11.8. The van der Waals surface area contributed by atoms with Gasteiger partial charge in [-0.15, -0.1) is 0 Å². The van der Waals surface area contributed by atoms with Gasteiger partial charge >= 0.3 is 5.97 Å². The fourth-order valence-electron chi connectivity index (χ4n) is 3.43. The van der Waals surface area contributed by atoms with Gasteiger partial charge in [-0.25, -0.2) is 10.2 Å². The Kier molecular flexibility index (Phi) is 9.32. The second-order valence-electron chi connectivity index (χ2n) is 9.23. The number of rotatable bonds is 10. The summed E-state index contributed by atoms with van der Waals surface area (Å²) < 4.78 is 26.9. The maximum absolute atomic E-state index is 12.7. The molecule has 0 unspecified atom stereocenters. The maximum atomic E-state index is 12.7. The van der Waals surface area contributed by atoms with Crippen molar-refractivity contribution in [2.75, 3.05) is 27.9 Å².